The Labute approximate surface area is 204 Å². The molecule has 0 bridgehead atoms. The predicted molar refractivity (Wildman–Crippen MR) is 139 cm³/mol. The molecular weight excluding hydrogens is 418 g/mol. The molecule has 2 aliphatic rings. The molecule has 5 rings (SSSR count). The third-order valence-corrected chi connectivity index (χ3v) is 7.64. The zero-order valence-electron chi connectivity index (χ0n) is 20.7. The molecule has 4 heteroatoms. The van der Waals surface area contributed by atoms with Gasteiger partial charge in [-0.25, -0.2) is 0 Å². The fourth-order valence-corrected chi connectivity index (χ4v) is 5.48. The van der Waals surface area contributed by atoms with Crippen molar-refractivity contribution >= 4 is 0 Å². The van der Waals surface area contributed by atoms with Crippen molar-refractivity contribution in [3.05, 3.63) is 101 Å². The summed E-state index contributed by atoms with van der Waals surface area (Å²) in [6.45, 7) is 10.0. The first-order valence-corrected chi connectivity index (χ1v) is 12.6. The van der Waals surface area contributed by atoms with Crippen LogP contribution in [0, 0.1) is 0 Å². The molecular formula is C30H37N3O. The second-order valence-corrected chi connectivity index (χ2v) is 10.0. The van der Waals surface area contributed by atoms with E-state index in [1.165, 1.54) is 22.3 Å². The summed E-state index contributed by atoms with van der Waals surface area (Å²) in [4.78, 5) is 5.33. The van der Waals surface area contributed by atoms with Crippen LogP contribution in [0.5, 0.6) is 5.75 Å². The van der Waals surface area contributed by atoms with Crippen molar-refractivity contribution < 1.29 is 4.74 Å². The van der Waals surface area contributed by atoms with Crippen molar-refractivity contribution in [1.82, 2.24) is 15.1 Å². The molecule has 34 heavy (non-hydrogen) atoms. The lowest BCUT2D eigenvalue weighted by Crippen LogP contribution is -2.56. The third kappa shape index (κ3) is 4.90. The fraction of sp³-hybridized carbons (Fsp3) is 0.400. The van der Waals surface area contributed by atoms with Gasteiger partial charge in [-0.15, -0.1) is 0 Å². The summed E-state index contributed by atoms with van der Waals surface area (Å²) in [5.41, 5.74) is 5.49. The van der Waals surface area contributed by atoms with Crippen molar-refractivity contribution in [2.45, 2.75) is 44.4 Å². The summed E-state index contributed by atoms with van der Waals surface area (Å²) >= 11 is 0. The zero-order valence-corrected chi connectivity index (χ0v) is 20.7. The molecule has 4 nitrogen and oxygen atoms in total. The average Bonchev–Trinajstić information content (AvgIpc) is 2.83. The Morgan fingerprint density at radius 1 is 0.853 bits per heavy atom. The SMILES string of the molecule is COc1cccc([C@@H](c2ccc(C3CNC3)cc2)N2C[C@@H](C)N(Cc3ccccc3)C[C@@H]2C)c1. The zero-order chi connectivity index (χ0) is 23.5. The molecule has 3 atom stereocenters. The number of ether oxygens (including phenoxy) is 1. The molecule has 2 aliphatic heterocycles. The predicted octanol–water partition coefficient (Wildman–Crippen LogP) is 5.07. The quantitative estimate of drug-likeness (QED) is 0.539. The molecule has 0 radical (unpaired) electrons. The Hall–Kier alpha value is -2.66. The van der Waals surface area contributed by atoms with E-state index in [0.29, 0.717) is 18.0 Å². The van der Waals surface area contributed by atoms with E-state index in [-0.39, 0.29) is 6.04 Å². The van der Waals surface area contributed by atoms with E-state index in [2.05, 4.69) is 102 Å². The highest BCUT2D eigenvalue weighted by atomic mass is 16.5. The number of benzene rings is 3. The van der Waals surface area contributed by atoms with E-state index < -0.39 is 0 Å². The Balaban J connectivity index is 1.42. The highest BCUT2D eigenvalue weighted by Gasteiger charge is 2.35. The van der Waals surface area contributed by atoms with Crippen molar-refractivity contribution in [2.24, 2.45) is 0 Å². The van der Waals surface area contributed by atoms with Gasteiger partial charge < -0.3 is 10.1 Å². The first-order chi connectivity index (χ1) is 16.6. The van der Waals surface area contributed by atoms with Crippen LogP contribution in [0.4, 0.5) is 0 Å². The van der Waals surface area contributed by atoms with E-state index >= 15 is 0 Å². The maximum Gasteiger partial charge on any atom is 0.119 e. The maximum absolute atomic E-state index is 5.60. The molecule has 0 aliphatic carbocycles. The average molecular weight is 456 g/mol. The molecule has 3 aromatic rings. The van der Waals surface area contributed by atoms with Gasteiger partial charge in [-0.3, -0.25) is 9.80 Å². The van der Waals surface area contributed by atoms with Gasteiger partial charge in [0.1, 0.15) is 5.75 Å². The lowest BCUT2D eigenvalue weighted by molar-refractivity contribution is 0.0195. The Kier molecular flexibility index (Phi) is 7.00. The van der Waals surface area contributed by atoms with Crippen LogP contribution in [0.15, 0.2) is 78.9 Å². The van der Waals surface area contributed by atoms with Gasteiger partial charge in [0.25, 0.3) is 0 Å². The first-order valence-electron chi connectivity index (χ1n) is 12.6. The smallest absolute Gasteiger partial charge is 0.119 e. The van der Waals surface area contributed by atoms with Gasteiger partial charge in [-0.2, -0.15) is 0 Å². The number of piperazine rings is 1. The van der Waals surface area contributed by atoms with Crippen LogP contribution < -0.4 is 10.1 Å². The van der Waals surface area contributed by atoms with Crippen LogP contribution in [0.2, 0.25) is 0 Å². The summed E-state index contributed by atoms with van der Waals surface area (Å²) in [7, 11) is 1.75. The van der Waals surface area contributed by atoms with Crippen molar-refractivity contribution in [3.8, 4) is 5.75 Å². The van der Waals surface area contributed by atoms with Gasteiger partial charge in [-0.1, -0.05) is 66.7 Å². The number of nitrogens with one attached hydrogen (secondary N) is 1. The highest BCUT2D eigenvalue weighted by molar-refractivity contribution is 5.39. The van der Waals surface area contributed by atoms with E-state index in [1.54, 1.807) is 7.11 Å². The van der Waals surface area contributed by atoms with Gasteiger partial charge in [0.05, 0.1) is 13.2 Å². The monoisotopic (exact) mass is 455 g/mol. The number of nitrogens with zero attached hydrogens (tertiary/aromatic N) is 2. The summed E-state index contributed by atoms with van der Waals surface area (Å²) in [6, 6.07) is 30.0. The summed E-state index contributed by atoms with van der Waals surface area (Å²) in [5, 5.41) is 3.39. The Bertz CT molecular complexity index is 1060. The number of rotatable bonds is 7. The third-order valence-electron chi connectivity index (χ3n) is 7.64. The second-order valence-electron chi connectivity index (χ2n) is 10.0. The van der Waals surface area contributed by atoms with Crippen LogP contribution >= 0.6 is 0 Å². The van der Waals surface area contributed by atoms with Crippen LogP contribution in [0.3, 0.4) is 0 Å². The highest BCUT2D eigenvalue weighted by Crippen LogP contribution is 2.35. The summed E-state index contributed by atoms with van der Waals surface area (Å²) < 4.78 is 5.60. The first kappa shape index (κ1) is 23.1. The van der Waals surface area contributed by atoms with Crippen LogP contribution in [-0.4, -0.2) is 55.2 Å². The van der Waals surface area contributed by atoms with Crippen LogP contribution in [0.1, 0.15) is 48.1 Å². The van der Waals surface area contributed by atoms with Crippen LogP contribution in [0.25, 0.3) is 0 Å². The van der Waals surface area contributed by atoms with Crippen molar-refractivity contribution in [3.63, 3.8) is 0 Å². The van der Waals surface area contributed by atoms with Gasteiger partial charge in [0, 0.05) is 50.7 Å². The minimum Gasteiger partial charge on any atom is -0.497 e. The van der Waals surface area contributed by atoms with Gasteiger partial charge in [0.2, 0.25) is 0 Å². The van der Waals surface area contributed by atoms with E-state index in [4.69, 9.17) is 4.74 Å². The lowest BCUT2D eigenvalue weighted by Gasteiger charge is -2.48. The summed E-state index contributed by atoms with van der Waals surface area (Å²) in [5.74, 6) is 1.58. The molecule has 2 heterocycles. The van der Waals surface area contributed by atoms with E-state index in [0.717, 1.165) is 38.5 Å². The van der Waals surface area contributed by atoms with Crippen molar-refractivity contribution in [2.75, 3.05) is 33.3 Å². The topological polar surface area (TPSA) is 27.7 Å². The molecule has 1 N–H and O–H groups in total. The second kappa shape index (κ2) is 10.3. The van der Waals surface area contributed by atoms with Gasteiger partial charge in [0.15, 0.2) is 0 Å². The molecule has 2 fully saturated rings. The lowest BCUT2D eigenvalue weighted by atomic mass is 9.89. The standard InChI is InChI=1S/C30H37N3O/c1-22-20-33(23(2)19-32(22)21-24-8-5-4-6-9-24)30(27-10-7-11-29(16-27)34-3)26-14-12-25(13-15-26)28-17-31-18-28/h4-16,22-23,28,30-31H,17-21H2,1-3H3/t22-,23+,30-/m1/s1. The number of hydrogen-bond acceptors (Lipinski definition) is 4. The van der Waals surface area contributed by atoms with Crippen LogP contribution in [-0.2, 0) is 6.54 Å². The number of hydrogen-bond donors (Lipinski definition) is 1. The molecule has 0 amide bonds. The van der Waals surface area contributed by atoms with Gasteiger partial charge >= 0.3 is 0 Å². The Morgan fingerprint density at radius 2 is 1.62 bits per heavy atom. The minimum atomic E-state index is 0.208. The largest absolute Gasteiger partial charge is 0.497 e. The molecule has 3 aromatic carbocycles. The molecule has 0 unspecified atom stereocenters. The molecule has 0 spiro atoms. The molecule has 178 valence electrons. The van der Waals surface area contributed by atoms with Gasteiger partial charge in [-0.05, 0) is 48.2 Å². The van der Waals surface area contributed by atoms with E-state index in [9.17, 15) is 0 Å². The summed E-state index contributed by atoms with van der Waals surface area (Å²) in [6.07, 6.45) is 0. The normalized spacial score (nSPS) is 22.8. The molecule has 0 aromatic heterocycles. The molecule has 0 saturated carbocycles. The maximum atomic E-state index is 5.60. The number of methoxy groups -OCH3 is 1. The molecule has 2 saturated heterocycles. The minimum absolute atomic E-state index is 0.208. The van der Waals surface area contributed by atoms with Crippen molar-refractivity contribution in [1.29, 1.82) is 0 Å². The fourth-order valence-electron chi connectivity index (χ4n) is 5.48. The Morgan fingerprint density at radius 3 is 2.29 bits per heavy atom. The van der Waals surface area contributed by atoms with E-state index in [1.807, 2.05) is 6.07 Å².